The minimum Gasteiger partial charge on any atom is -0.370 e. The number of rotatable bonds is 4. The fourth-order valence-electron chi connectivity index (χ4n) is 1.62. The van der Waals surface area contributed by atoms with E-state index in [2.05, 4.69) is 40.8 Å². The van der Waals surface area contributed by atoms with Crippen LogP contribution in [0.2, 0.25) is 0 Å². The second-order valence-corrected chi connectivity index (χ2v) is 4.79. The highest BCUT2D eigenvalue weighted by Gasteiger charge is 1.97. The minimum absolute atomic E-state index is 0. The van der Waals surface area contributed by atoms with Gasteiger partial charge in [-0.2, -0.15) is 11.3 Å². The maximum absolute atomic E-state index is 5.86. The number of aliphatic imine (C=N–C) groups is 1. The molecule has 0 unspecified atom stereocenters. The van der Waals surface area contributed by atoms with Gasteiger partial charge in [-0.05, 0) is 46.5 Å². The van der Waals surface area contributed by atoms with Crippen molar-refractivity contribution in [2.45, 2.75) is 19.9 Å². The number of benzene rings is 1. The molecule has 3 N–H and O–H groups in total. The lowest BCUT2D eigenvalue weighted by molar-refractivity contribution is 1.07. The maximum atomic E-state index is 5.86. The van der Waals surface area contributed by atoms with E-state index in [0.717, 1.165) is 12.1 Å². The van der Waals surface area contributed by atoms with Crippen LogP contribution in [0.25, 0.3) is 0 Å². The van der Waals surface area contributed by atoms with Gasteiger partial charge in [0.2, 0.25) is 0 Å². The predicted octanol–water partition coefficient (Wildman–Crippen LogP) is 3.86. The zero-order chi connectivity index (χ0) is 12.8. The van der Waals surface area contributed by atoms with Crippen molar-refractivity contribution in [1.29, 1.82) is 0 Å². The Balaban J connectivity index is 0.00000180. The van der Waals surface area contributed by atoms with Gasteiger partial charge >= 0.3 is 0 Å². The third-order valence-corrected chi connectivity index (χ3v) is 3.35. The average Bonchev–Trinajstić information content (AvgIpc) is 2.90. The van der Waals surface area contributed by atoms with Gasteiger partial charge in [-0.1, -0.05) is 19.1 Å². The predicted molar refractivity (Wildman–Crippen MR) is 94.5 cm³/mol. The first-order valence-electron chi connectivity index (χ1n) is 5.95. The van der Waals surface area contributed by atoms with Crippen LogP contribution >= 0.6 is 35.3 Å². The highest BCUT2D eigenvalue weighted by atomic mass is 127. The summed E-state index contributed by atoms with van der Waals surface area (Å²) in [4.78, 5) is 4.31. The van der Waals surface area contributed by atoms with Gasteiger partial charge in [0.1, 0.15) is 0 Å². The number of hydrogen-bond donors (Lipinski definition) is 2. The van der Waals surface area contributed by atoms with Crippen molar-refractivity contribution in [3.63, 3.8) is 0 Å². The molecular formula is C14H18IN3S. The van der Waals surface area contributed by atoms with Crippen molar-refractivity contribution in [1.82, 2.24) is 0 Å². The Hall–Kier alpha value is -1.08. The maximum Gasteiger partial charge on any atom is 0.193 e. The Morgan fingerprint density at radius 1 is 1.32 bits per heavy atom. The molecule has 0 saturated heterocycles. The Morgan fingerprint density at radius 2 is 2.16 bits per heavy atom. The number of halogens is 1. The highest BCUT2D eigenvalue weighted by molar-refractivity contribution is 14.0. The summed E-state index contributed by atoms with van der Waals surface area (Å²) >= 11 is 1.67. The molecule has 1 aromatic heterocycles. The lowest BCUT2D eigenvalue weighted by Gasteiger charge is -2.06. The molecule has 2 rings (SSSR count). The van der Waals surface area contributed by atoms with Crippen LogP contribution in [0, 0.1) is 0 Å². The number of nitrogens with one attached hydrogen (secondary N) is 1. The van der Waals surface area contributed by atoms with E-state index in [0.29, 0.717) is 12.5 Å². The molecule has 1 aromatic carbocycles. The number of aryl methyl sites for hydroxylation is 1. The minimum atomic E-state index is 0. The van der Waals surface area contributed by atoms with Gasteiger partial charge in [-0.15, -0.1) is 24.0 Å². The summed E-state index contributed by atoms with van der Waals surface area (Å²) in [6, 6.07) is 10.3. The lowest BCUT2D eigenvalue weighted by atomic mass is 10.1. The number of thiophene rings is 1. The van der Waals surface area contributed by atoms with E-state index in [4.69, 9.17) is 5.73 Å². The summed E-state index contributed by atoms with van der Waals surface area (Å²) in [7, 11) is 0. The molecule has 0 atom stereocenters. The van der Waals surface area contributed by atoms with Gasteiger partial charge in [0.05, 0.1) is 6.54 Å². The number of nitrogens with zero attached hydrogens (tertiary/aromatic N) is 1. The molecule has 0 amide bonds. The highest BCUT2D eigenvalue weighted by Crippen LogP contribution is 2.11. The largest absolute Gasteiger partial charge is 0.370 e. The second-order valence-electron chi connectivity index (χ2n) is 4.01. The van der Waals surface area contributed by atoms with Crippen molar-refractivity contribution in [3.05, 3.63) is 52.2 Å². The van der Waals surface area contributed by atoms with Crippen LogP contribution in [0.4, 0.5) is 5.69 Å². The lowest BCUT2D eigenvalue weighted by Crippen LogP contribution is -2.22. The molecule has 3 nitrogen and oxygen atoms in total. The molecule has 0 aliphatic carbocycles. The third-order valence-electron chi connectivity index (χ3n) is 2.62. The summed E-state index contributed by atoms with van der Waals surface area (Å²) in [5.41, 5.74) is 9.31. The van der Waals surface area contributed by atoms with E-state index in [1.165, 1.54) is 11.1 Å². The molecule has 2 aromatic rings. The second kappa shape index (κ2) is 8.16. The summed E-state index contributed by atoms with van der Waals surface area (Å²) in [6.45, 7) is 2.75. The standard InChI is InChI=1S/C14H17N3S.HI/c1-2-11-4-3-5-13(8-11)17-14(15)16-9-12-6-7-18-10-12;/h3-8,10H,2,9H2,1H3,(H3,15,16,17);1H. The Kier molecular flexibility index (Phi) is 6.86. The van der Waals surface area contributed by atoms with E-state index in [1.54, 1.807) is 11.3 Å². The monoisotopic (exact) mass is 387 g/mol. The molecule has 102 valence electrons. The van der Waals surface area contributed by atoms with Crippen molar-refractivity contribution in [2.24, 2.45) is 10.7 Å². The van der Waals surface area contributed by atoms with Gasteiger partial charge in [0.15, 0.2) is 5.96 Å². The molecule has 0 radical (unpaired) electrons. The molecule has 19 heavy (non-hydrogen) atoms. The summed E-state index contributed by atoms with van der Waals surface area (Å²) in [5, 5.41) is 7.23. The van der Waals surface area contributed by atoms with Gasteiger partial charge in [-0.25, -0.2) is 4.99 Å². The van der Waals surface area contributed by atoms with Crippen LogP contribution < -0.4 is 11.1 Å². The number of guanidine groups is 1. The molecule has 1 heterocycles. The van der Waals surface area contributed by atoms with Gasteiger partial charge in [0, 0.05) is 5.69 Å². The first-order valence-corrected chi connectivity index (χ1v) is 6.89. The Bertz CT molecular complexity index is 523. The molecule has 5 heteroatoms. The van der Waals surface area contributed by atoms with E-state index >= 15 is 0 Å². The van der Waals surface area contributed by atoms with Crippen molar-refractivity contribution in [2.75, 3.05) is 5.32 Å². The first kappa shape index (κ1) is 16.0. The summed E-state index contributed by atoms with van der Waals surface area (Å²) in [6.07, 6.45) is 1.02. The smallest absolute Gasteiger partial charge is 0.193 e. The first-order chi connectivity index (χ1) is 8.78. The topological polar surface area (TPSA) is 50.4 Å². The average molecular weight is 387 g/mol. The summed E-state index contributed by atoms with van der Waals surface area (Å²) < 4.78 is 0. The van der Waals surface area contributed by atoms with Crippen LogP contribution in [0.5, 0.6) is 0 Å². The molecule has 0 saturated carbocycles. The van der Waals surface area contributed by atoms with Crippen LogP contribution in [-0.4, -0.2) is 5.96 Å². The van der Waals surface area contributed by atoms with Crippen LogP contribution in [-0.2, 0) is 13.0 Å². The molecule has 0 bridgehead atoms. The van der Waals surface area contributed by atoms with Crippen molar-refractivity contribution < 1.29 is 0 Å². The molecule has 0 fully saturated rings. The van der Waals surface area contributed by atoms with Crippen LogP contribution in [0.15, 0.2) is 46.1 Å². The zero-order valence-electron chi connectivity index (χ0n) is 10.8. The fourth-order valence-corrected chi connectivity index (χ4v) is 2.28. The molecule has 0 spiro atoms. The van der Waals surface area contributed by atoms with Crippen molar-refractivity contribution in [3.8, 4) is 0 Å². The molecule has 0 aliphatic heterocycles. The van der Waals surface area contributed by atoms with E-state index in [9.17, 15) is 0 Å². The number of anilines is 1. The normalized spacial score (nSPS) is 10.9. The number of hydrogen-bond acceptors (Lipinski definition) is 2. The molecular weight excluding hydrogens is 369 g/mol. The SMILES string of the molecule is CCc1cccc(NC(N)=NCc2ccsc2)c1.I. The van der Waals surface area contributed by atoms with Crippen LogP contribution in [0.1, 0.15) is 18.1 Å². The fraction of sp³-hybridized carbons (Fsp3) is 0.214. The van der Waals surface area contributed by atoms with Gasteiger partial charge in [-0.3, -0.25) is 0 Å². The molecule has 0 aliphatic rings. The van der Waals surface area contributed by atoms with E-state index in [-0.39, 0.29) is 24.0 Å². The van der Waals surface area contributed by atoms with Gasteiger partial charge < -0.3 is 11.1 Å². The quantitative estimate of drug-likeness (QED) is 0.476. The van der Waals surface area contributed by atoms with E-state index < -0.39 is 0 Å². The van der Waals surface area contributed by atoms with E-state index in [1.807, 2.05) is 17.5 Å². The third kappa shape index (κ3) is 5.20. The number of nitrogens with two attached hydrogens (primary N) is 1. The zero-order valence-corrected chi connectivity index (χ0v) is 13.9. The van der Waals surface area contributed by atoms with Crippen LogP contribution in [0.3, 0.4) is 0 Å². The Labute approximate surface area is 135 Å². The van der Waals surface area contributed by atoms with Gasteiger partial charge in [0.25, 0.3) is 0 Å². The van der Waals surface area contributed by atoms with Crippen molar-refractivity contribution >= 4 is 47.0 Å². The summed E-state index contributed by atoms with van der Waals surface area (Å²) in [5.74, 6) is 0.453. The Morgan fingerprint density at radius 3 is 2.84 bits per heavy atom.